The minimum atomic E-state index is -0.511. The molecule has 1 heterocycles. The van der Waals surface area contributed by atoms with Crippen molar-refractivity contribution in [2.24, 2.45) is 5.41 Å². The molecule has 0 saturated carbocycles. The van der Waals surface area contributed by atoms with Crippen LogP contribution in [0.1, 0.15) is 34.6 Å². The maximum atomic E-state index is 12.1. The van der Waals surface area contributed by atoms with Crippen LogP contribution < -0.4 is 0 Å². The number of hydrogen-bond donors (Lipinski definition) is 1. The zero-order valence-corrected chi connectivity index (χ0v) is 12.0. The van der Waals surface area contributed by atoms with Crippen molar-refractivity contribution in [1.82, 2.24) is 4.90 Å². The lowest BCUT2D eigenvalue weighted by atomic mass is 9.94. The Morgan fingerprint density at radius 3 is 2.61 bits per heavy atom. The normalized spacial score (nSPS) is 24.6. The number of nitrogens with zero attached hydrogens (tertiary/aromatic N) is 1. The SMILES string of the molecule is CC1(C)CO[C@H](CO)CN(C(=O)OC(C)(C)C)C1. The summed E-state index contributed by atoms with van der Waals surface area (Å²) in [6, 6.07) is 0. The van der Waals surface area contributed by atoms with Crippen molar-refractivity contribution in [2.45, 2.75) is 46.3 Å². The van der Waals surface area contributed by atoms with Crippen LogP contribution in [-0.2, 0) is 9.47 Å². The van der Waals surface area contributed by atoms with Crippen molar-refractivity contribution < 1.29 is 19.4 Å². The molecule has 1 aliphatic heterocycles. The van der Waals surface area contributed by atoms with Crippen molar-refractivity contribution in [3.05, 3.63) is 0 Å². The molecule has 5 nitrogen and oxygen atoms in total. The summed E-state index contributed by atoms with van der Waals surface area (Å²) < 4.78 is 10.9. The Bertz CT molecular complexity index is 296. The van der Waals surface area contributed by atoms with Gasteiger partial charge in [0, 0.05) is 12.0 Å². The minimum Gasteiger partial charge on any atom is -0.444 e. The van der Waals surface area contributed by atoms with Gasteiger partial charge in [-0.25, -0.2) is 4.79 Å². The van der Waals surface area contributed by atoms with Crippen LogP contribution >= 0.6 is 0 Å². The van der Waals surface area contributed by atoms with Crippen molar-refractivity contribution in [3.8, 4) is 0 Å². The Labute approximate surface area is 109 Å². The van der Waals surface area contributed by atoms with Gasteiger partial charge < -0.3 is 19.5 Å². The van der Waals surface area contributed by atoms with E-state index in [9.17, 15) is 9.90 Å². The second-order valence-electron chi connectivity index (χ2n) is 6.64. The molecule has 0 spiro atoms. The molecule has 0 aromatic rings. The summed E-state index contributed by atoms with van der Waals surface area (Å²) in [5.41, 5.74) is -0.649. The van der Waals surface area contributed by atoms with E-state index in [4.69, 9.17) is 9.47 Å². The first-order valence-corrected chi connectivity index (χ1v) is 6.33. The van der Waals surface area contributed by atoms with Crippen LogP contribution in [0.15, 0.2) is 0 Å². The molecule has 1 aliphatic rings. The van der Waals surface area contributed by atoms with E-state index in [2.05, 4.69) is 0 Å². The van der Waals surface area contributed by atoms with Gasteiger partial charge >= 0.3 is 6.09 Å². The van der Waals surface area contributed by atoms with Crippen LogP contribution in [0.4, 0.5) is 4.79 Å². The number of amides is 1. The lowest BCUT2D eigenvalue weighted by molar-refractivity contribution is -0.00936. The fourth-order valence-corrected chi connectivity index (χ4v) is 1.84. The maximum absolute atomic E-state index is 12.1. The molecule has 5 heteroatoms. The molecule has 1 N–H and O–H groups in total. The monoisotopic (exact) mass is 259 g/mol. The smallest absolute Gasteiger partial charge is 0.410 e. The predicted molar refractivity (Wildman–Crippen MR) is 68.4 cm³/mol. The standard InChI is InChI=1S/C13H25NO4/c1-12(2,3)18-11(16)14-6-10(7-15)17-9-13(4,5)8-14/h10,15H,6-9H2,1-5H3/t10-/m0/s1. The Morgan fingerprint density at radius 2 is 2.11 bits per heavy atom. The molecule has 106 valence electrons. The van der Waals surface area contributed by atoms with Gasteiger partial charge in [-0.15, -0.1) is 0 Å². The van der Waals surface area contributed by atoms with Crippen LogP contribution in [0.25, 0.3) is 0 Å². The molecule has 1 rings (SSSR count). The van der Waals surface area contributed by atoms with E-state index < -0.39 is 5.60 Å². The molecular formula is C13H25NO4. The third-order valence-corrected chi connectivity index (χ3v) is 2.61. The first-order chi connectivity index (χ1) is 8.13. The van der Waals surface area contributed by atoms with Crippen molar-refractivity contribution in [2.75, 3.05) is 26.3 Å². The van der Waals surface area contributed by atoms with E-state index in [1.165, 1.54) is 0 Å². The fraction of sp³-hybridized carbons (Fsp3) is 0.923. The molecule has 1 saturated heterocycles. The average molecular weight is 259 g/mol. The maximum Gasteiger partial charge on any atom is 0.410 e. The Morgan fingerprint density at radius 1 is 1.50 bits per heavy atom. The molecule has 0 unspecified atom stereocenters. The van der Waals surface area contributed by atoms with E-state index >= 15 is 0 Å². The van der Waals surface area contributed by atoms with Gasteiger partial charge in [0.1, 0.15) is 5.60 Å². The van der Waals surface area contributed by atoms with Crippen LogP contribution in [0.3, 0.4) is 0 Å². The fourth-order valence-electron chi connectivity index (χ4n) is 1.84. The lowest BCUT2D eigenvalue weighted by Crippen LogP contribution is -2.43. The van der Waals surface area contributed by atoms with Crippen LogP contribution in [0.5, 0.6) is 0 Å². The largest absolute Gasteiger partial charge is 0.444 e. The molecule has 1 atom stereocenters. The van der Waals surface area contributed by atoms with Gasteiger partial charge in [0.2, 0.25) is 0 Å². The Hall–Kier alpha value is -0.810. The molecule has 18 heavy (non-hydrogen) atoms. The highest BCUT2D eigenvalue weighted by Gasteiger charge is 2.33. The summed E-state index contributed by atoms with van der Waals surface area (Å²) in [7, 11) is 0. The summed E-state index contributed by atoms with van der Waals surface area (Å²) in [6.07, 6.45) is -0.682. The zero-order valence-electron chi connectivity index (χ0n) is 12.0. The first-order valence-electron chi connectivity index (χ1n) is 6.33. The Balaban J connectivity index is 2.74. The van der Waals surface area contributed by atoms with Crippen molar-refractivity contribution in [3.63, 3.8) is 0 Å². The van der Waals surface area contributed by atoms with E-state index in [1.807, 2.05) is 34.6 Å². The highest BCUT2D eigenvalue weighted by molar-refractivity contribution is 5.68. The molecule has 0 aliphatic carbocycles. The number of aliphatic hydroxyl groups is 1. The van der Waals surface area contributed by atoms with Gasteiger partial charge in [-0.2, -0.15) is 0 Å². The van der Waals surface area contributed by atoms with Gasteiger partial charge in [-0.05, 0) is 20.8 Å². The summed E-state index contributed by atoms with van der Waals surface area (Å²) in [5, 5.41) is 9.21. The molecule has 0 bridgehead atoms. The van der Waals surface area contributed by atoms with Crippen molar-refractivity contribution >= 4 is 6.09 Å². The molecule has 0 aromatic heterocycles. The summed E-state index contributed by atoms with van der Waals surface area (Å²) in [6.45, 7) is 11.0. The first kappa shape index (κ1) is 15.2. The van der Waals surface area contributed by atoms with Crippen LogP contribution in [0.2, 0.25) is 0 Å². The van der Waals surface area contributed by atoms with E-state index in [0.717, 1.165) is 0 Å². The quantitative estimate of drug-likeness (QED) is 0.777. The number of ether oxygens (including phenoxy) is 2. The lowest BCUT2D eigenvalue weighted by Gasteiger charge is -2.30. The number of rotatable bonds is 1. The number of carbonyl (C=O) groups is 1. The molecule has 0 radical (unpaired) electrons. The number of aliphatic hydroxyl groups excluding tert-OH is 1. The van der Waals surface area contributed by atoms with Gasteiger partial charge in [0.25, 0.3) is 0 Å². The average Bonchev–Trinajstić information content (AvgIpc) is 2.34. The van der Waals surface area contributed by atoms with Gasteiger partial charge in [-0.1, -0.05) is 13.8 Å². The predicted octanol–water partition coefficient (Wildman–Crippen LogP) is 1.64. The molecule has 1 fully saturated rings. The highest BCUT2D eigenvalue weighted by atomic mass is 16.6. The van der Waals surface area contributed by atoms with Crippen molar-refractivity contribution in [1.29, 1.82) is 0 Å². The highest BCUT2D eigenvalue weighted by Crippen LogP contribution is 2.23. The summed E-state index contributed by atoms with van der Waals surface area (Å²) in [5.74, 6) is 0. The zero-order chi connectivity index (χ0) is 14.0. The molecular weight excluding hydrogens is 234 g/mol. The number of hydrogen-bond acceptors (Lipinski definition) is 4. The summed E-state index contributed by atoms with van der Waals surface area (Å²) in [4.78, 5) is 13.7. The molecule has 1 amide bonds. The minimum absolute atomic E-state index is 0.0879. The second kappa shape index (κ2) is 5.45. The van der Waals surface area contributed by atoms with Crippen LogP contribution in [0, 0.1) is 5.41 Å². The van der Waals surface area contributed by atoms with Gasteiger partial charge in [0.05, 0.1) is 25.9 Å². The van der Waals surface area contributed by atoms with E-state index in [0.29, 0.717) is 19.7 Å². The topological polar surface area (TPSA) is 59.0 Å². The summed E-state index contributed by atoms with van der Waals surface area (Å²) >= 11 is 0. The Kier molecular flexibility index (Phi) is 4.61. The van der Waals surface area contributed by atoms with E-state index in [1.54, 1.807) is 4.90 Å². The molecule has 0 aromatic carbocycles. The number of carbonyl (C=O) groups excluding carboxylic acids is 1. The van der Waals surface area contributed by atoms with E-state index in [-0.39, 0.29) is 24.2 Å². The van der Waals surface area contributed by atoms with Gasteiger partial charge in [-0.3, -0.25) is 0 Å². The van der Waals surface area contributed by atoms with Gasteiger partial charge in [0.15, 0.2) is 0 Å². The third-order valence-electron chi connectivity index (χ3n) is 2.61. The second-order valence-corrected chi connectivity index (χ2v) is 6.64. The third kappa shape index (κ3) is 4.82. The van der Waals surface area contributed by atoms with Crippen LogP contribution in [-0.4, -0.2) is 54.1 Å².